The van der Waals surface area contributed by atoms with Crippen molar-refractivity contribution < 1.29 is 4.79 Å². The highest BCUT2D eigenvalue weighted by Crippen LogP contribution is 2.16. The molecule has 7 heteroatoms. The van der Waals surface area contributed by atoms with Gasteiger partial charge in [0.2, 0.25) is 0 Å². The van der Waals surface area contributed by atoms with Crippen molar-refractivity contribution >= 4 is 22.6 Å². The fourth-order valence-electron chi connectivity index (χ4n) is 2.66. The number of nitrogens with zero attached hydrogens (tertiary/aromatic N) is 5. The van der Waals surface area contributed by atoms with Crippen molar-refractivity contribution in [2.75, 3.05) is 5.32 Å². The van der Waals surface area contributed by atoms with Crippen molar-refractivity contribution in [3.05, 3.63) is 72.3 Å². The van der Waals surface area contributed by atoms with Crippen LogP contribution in [0.2, 0.25) is 0 Å². The lowest BCUT2D eigenvalue weighted by Gasteiger charge is -2.04. The Hall–Kier alpha value is -3.48. The first-order valence-electron chi connectivity index (χ1n) is 7.84. The highest BCUT2D eigenvalue weighted by atomic mass is 16.1. The fraction of sp³-hybridized carbons (Fsp3) is 0.111. The van der Waals surface area contributed by atoms with Crippen molar-refractivity contribution in [2.24, 2.45) is 7.05 Å². The summed E-state index contributed by atoms with van der Waals surface area (Å²) in [6.45, 7) is 0.637. The SMILES string of the molecule is Cn1cc(NC(=O)c2cnc3c(cnn3Cc3ccccc3)c2)cn1. The predicted molar refractivity (Wildman–Crippen MR) is 94.2 cm³/mol. The summed E-state index contributed by atoms with van der Waals surface area (Å²) in [7, 11) is 1.80. The van der Waals surface area contributed by atoms with Gasteiger partial charge >= 0.3 is 0 Å². The van der Waals surface area contributed by atoms with Crippen LogP contribution in [-0.2, 0) is 13.6 Å². The average molecular weight is 332 g/mol. The van der Waals surface area contributed by atoms with Gasteiger partial charge in [-0.05, 0) is 11.6 Å². The Morgan fingerprint density at radius 2 is 1.96 bits per heavy atom. The number of fused-ring (bicyclic) bond motifs is 1. The molecule has 4 aromatic rings. The number of hydrogen-bond acceptors (Lipinski definition) is 4. The summed E-state index contributed by atoms with van der Waals surface area (Å²) in [5.74, 6) is -0.224. The van der Waals surface area contributed by atoms with Crippen LogP contribution in [0, 0.1) is 0 Å². The van der Waals surface area contributed by atoms with Gasteiger partial charge in [-0.25, -0.2) is 9.67 Å². The number of carbonyl (C=O) groups is 1. The quantitative estimate of drug-likeness (QED) is 0.623. The maximum atomic E-state index is 12.3. The van der Waals surface area contributed by atoms with Gasteiger partial charge in [-0.2, -0.15) is 10.2 Å². The van der Waals surface area contributed by atoms with Crippen LogP contribution in [0.1, 0.15) is 15.9 Å². The van der Waals surface area contributed by atoms with E-state index < -0.39 is 0 Å². The smallest absolute Gasteiger partial charge is 0.257 e. The molecule has 0 aliphatic heterocycles. The first kappa shape index (κ1) is 15.1. The third-order valence-corrected chi connectivity index (χ3v) is 3.88. The molecular formula is C18H16N6O. The van der Waals surface area contributed by atoms with E-state index in [2.05, 4.69) is 20.5 Å². The van der Waals surface area contributed by atoms with E-state index in [0.717, 1.165) is 16.6 Å². The van der Waals surface area contributed by atoms with Crippen LogP contribution in [-0.4, -0.2) is 30.5 Å². The highest BCUT2D eigenvalue weighted by molar-refractivity contribution is 6.05. The van der Waals surface area contributed by atoms with Crippen LogP contribution in [0.25, 0.3) is 11.0 Å². The number of nitrogens with one attached hydrogen (secondary N) is 1. The Kier molecular flexibility index (Phi) is 3.74. The summed E-state index contributed by atoms with van der Waals surface area (Å²) >= 11 is 0. The largest absolute Gasteiger partial charge is 0.319 e. The molecule has 0 bridgehead atoms. The van der Waals surface area contributed by atoms with Crippen molar-refractivity contribution in [2.45, 2.75) is 6.54 Å². The molecule has 0 saturated carbocycles. The summed E-state index contributed by atoms with van der Waals surface area (Å²) in [5, 5.41) is 12.0. The Morgan fingerprint density at radius 1 is 1.12 bits per heavy atom. The summed E-state index contributed by atoms with van der Waals surface area (Å²) in [6.07, 6.45) is 6.63. The number of hydrogen-bond donors (Lipinski definition) is 1. The molecule has 25 heavy (non-hydrogen) atoms. The molecule has 0 spiro atoms. The first-order chi connectivity index (χ1) is 12.2. The second-order valence-corrected chi connectivity index (χ2v) is 5.78. The number of benzene rings is 1. The van der Waals surface area contributed by atoms with Crippen LogP contribution in [0.15, 0.2) is 61.2 Å². The molecule has 1 amide bonds. The van der Waals surface area contributed by atoms with Gasteiger partial charge in [-0.1, -0.05) is 30.3 Å². The second-order valence-electron chi connectivity index (χ2n) is 5.78. The number of aryl methyl sites for hydroxylation is 1. The monoisotopic (exact) mass is 332 g/mol. The van der Waals surface area contributed by atoms with Crippen LogP contribution in [0.5, 0.6) is 0 Å². The molecule has 0 unspecified atom stereocenters. The molecule has 0 atom stereocenters. The van der Waals surface area contributed by atoms with Gasteiger partial charge in [0.25, 0.3) is 5.91 Å². The minimum absolute atomic E-state index is 0.224. The lowest BCUT2D eigenvalue weighted by Crippen LogP contribution is -2.12. The predicted octanol–water partition coefficient (Wildman–Crippen LogP) is 2.47. The Balaban J connectivity index is 1.57. The molecule has 3 aromatic heterocycles. The summed E-state index contributed by atoms with van der Waals surface area (Å²) in [6, 6.07) is 11.9. The van der Waals surface area contributed by atoms with Crippen LogP contribution < -0.4 is 5.32 Å². The molecule has 0 aliphatic rings. The van der Waals surface area contributed by atoms with Crippen LogP contribution >= 0.6 is 0 Å². The zero-order chi connectivity index (χ0) is 17.2. The number of pyridine rings is 1. The third kappa shape index (κ3) is 3.12. The minimum atomic E-state index is -0.224. The van der Waals surface area contributed by atoms with Gasteiger partial charge in [0, 0.05) is 24.8 Å². The van der Waals surface area contributed by atoms with Crippen molar-refractivity contribution in [3.63, 3.8) is 0 Å². The van der Waals surface area contributed by atoms with E-state index in [4.69, 9.17) is 0 Å². The van der Waals surface area contributed by atoms with E-state index in [1.807, 2.05) is 35.0 Å². The molecule has 4 rings (SSSR count). The summed E-state index contributed by atoms with van der Waals surface area (Å²) in [5.41, 5.74) is 3.03. The van der Waals surface area contributed by atoms with Gasteiger partial charge in [0.15, 0.2) is 5.65 Å². The van der Waals surface area contributed by atoms with E-state index in [-0.39, 0.29) is 5.91 Å². The lowest BCUT2D eigenvalue weighted by molar-refractivity contribution is 0.102. The van der Waals surface area contributed by atoms with Crippen LogP contribution in [0.3, 0.4) is 0 Å². The number of carbonyl (C=O) groups excluding carboxylic acids is 1. The molecule has 124 valence electrons. The van der Waals surface area contributed by atoms with Crippen molar-refractivity contribution in [1.82, 2.24) is 24.5 Å². The standard InChI is InChI=1S/C18H16N6O/c1-23-12-16(10-20-23)22-18(25)15-7-14-9-21-24(17(14)19-8-15)11-13-5-3-2-4-6-13/h2-10,12H,11H2,1H3,(H,22,25). The van der Waals surface area contributed by atoms with Crippen molar-refractivity contribution in [3.8, 4) is 0 Å². The zero-order valence-corrected chi connectivity index (χ0v) is 13.6. The van der Waals surface area contributed by atoms with E-state index in [9.17, 15) is 4.79 Å². The third-order valence-electron chi connectivity index (χ3n) is 3.88. The lowest BCUT2D eigenvalue weighted by atomic mass is 10.2. The molecular weight excluding hydrogens is 316 g/mol. The van der Waals surface area contributed by atoms with Gasteiger partial charge in [0.1, 0.15) is 0 Å². The maximum Gasteiger partial charge on any atom is 0.257 e. The van der Waals surface area contributed by atoms with Gasteiger partial charge in [-0.15, -0.1) is 0 Å². The second kappa shape index (κ2) is 6.20. The molecule has 0 aliphatic carbocycles. The molecule has 0 radical (unpaired) electrons. The summed E-state index contributed by atoms with van der Waals surface area (Å²) in [4.78, 5) is 16.8. The molecule has 7 nitrogen and oxygen atoms in total. The maximum absolute atomic E-state index is 12.3. The van der Waals surface area contributed by atoms with E-state index in [0.29, 0.717) is 17.8 Å². The minimum Gasteiger partial charge on any atom is -0.319 e. The fourth-order valence-corrected chi connectivity index (χ4v) is 2.66. The summed E-state index contributed by atoms with van der Waals surface area (Å²) < 4.78 is 3.46. The Morgan fingerprint density at radius 3 is 2.72 bits per heavy atom. The number of anilines is 1. The number of amides is 1. The van der Waals surface area contributed by atoms with Gasteiger partial charge in [0.05, 0.1) is 30.2 Å². The molecule has 0 fully saturated rings. The topological polar surface area (TPSA) is 77.6 Å². The van der Waals surface area contributed by atoms with Crippen LogP contribution in [0.4, 0.5) is 5.69 Å². The highest BCUT2D eigenvalue weighted by Gasteiger charge is 2.11. The number of aromatic nitrogens is 5. The van der Waals surface area contributed by atoms with Crippen molar-refractivity contribution in [1.29, 1.82) is 0 Å². The van der Waals surface area contributed by atoms with E-state index in [1.165, 1.54) is 0 Å². The number of rotatable bonds is 4. The van der Waals surface area contributed by atoms with E-state index >= 15 is 0 Å². The molecule has 1 aromatic carbocycles. The van der Waals surface area contributed by atoms with Gasteiger partial charge < -0.3 is 5.32 Å². The van der Waals surface area contributed by atoms with Gasteiger partial charge in [-0.3, -0.25) is 9.48 Å². The normalized spacial score (nSPS) is 10.9. The molecule has 3 heterocycles. The molecule has 0 saturated heterocycles. The van der Waals surface area contributed by atoms with E-state index in [1.54, 1.807) is 42.6 Å². The Bertz CT molecular complexity index is 1030. The Labute approximate surface area is 143 Å². The zero-order valence-electron chi connectivity index (χ0n) is 13.6. The average Bonchev–Trinajstić information content (AvgIpc) is 3.22. The first-order valence-corrected chi connectivity index (χ1v) is 7.84. The molecule has 1 N–H and O–H groups in total.